The van der Waals surface area contributed by atoms with Gasteiger partial charge in [0.15, 0.2) is 11.6 Å². The molecule has 1 fully saturated rings. The highest BCUT2D eigenvalue weighted by atomic mass is 16.5. The van der Waals surface area contributed by atoms with Crippen LogP contribution in [0.15, 0.2) is 67.0 Å². The number of methoxy groups -OCH3 is 1. The molecule has 11 nitrogen and oxygen atoms in total. The smallest absolute Gasteiger partial charge is 0.295 e. The summed E-state index contributed by atoms with van der Waals surface area (Å²) in [5.74, 6) is -0.163. The fourth-order valence-electron chi connectivity index (χ4n) is 5.28. The lowest BCUT2D eigenvalue weighted by molar-refractivity contribution is -0.128. The molecule has 0 spiro atoms. The number of ether oxygens (including phenoxy) is 1. The predicted molar refractivity (Wildman–Crippen MR) is 156 cm³/mol. The lowest BCUT2D eigenvalue weighted by Gasteiger charge is -2.39. The van der Waals surface area contributed by atoms with E-state index >= 15 is 0 Å². The Morgan fingerprint density at radius 3 is 2.50 bits per heavy atom. The average Bonchev–Trinajstić information content (AvgIpc) is 3.69. The van der Waals surface area contributed by atoms with E-state index in [1.807, 2.05) is 56.3 Å². The molecule has 0 radical (unpaired) electrons. The van der Waals surface area contributed by atoms with Gasteiger partial charge in [0.2, 0.25) is 0 Å². The van der Waals surface area contributed by atoms with Crippen LogP contribution in [0.5, 0.6) is 5.75 Å². The molecule has 2 amide bonds. The van der Waals surface area contributed by atoms with Crippen LogP contribution >= 0.6 is 0 Å². The molecule has 0 aliphatic carbocycles. The molecule has 1 aliphatic rings. The third-order valence-corrected chi connectivity index (χ3v) is 7.55. The van der Waals surface area contributed by atoms with Gasteiger partial charge in [-0.15, -0.1) is 0 Å². The Hall–Kier alpha value is -5.32. The van der Waals surface area contributed by atoms with E-state index in [1.54, 1.807) is 17.0 Å². The van der Waals surface area contributed by atoms with Gasteiger partial charge in [0.1, 0.15) is 11.4 Å². The Labute approximate surface area is 241 Å². The highest BCUT2D eigenvalue weighted by Gasteiger charge is 2.34. The summed E-state index contributed by atoms with van der Waals surface area (Å²) >= 11 is 0. The number of Topliss-reactive ketones (excluding diaryl/α,β-unsaturated/α-hetero) is 1. The Morgan fingerprint density at radius 2 is 1.79 bits per heavy atom. The van der Waals surface area contributed by atoms with E-state index in [0.29, 0.717) is 46.1 Å². The number of carbonyl (C=O) groups excluding carboxylic acids is 3. The Kier molecular flexibility index (Phi) is 6.99. The fraction of sp³-hybridized carbons (Fsp3) is 0.226. The van der Waals surface area contributed by atoms with Crippen LogP contribution in [0.2, 0.25) is 0 Å². The van der Waals surface area contributed by atoms with Crippen LogP contribution in [-0.2, 0) is 4.79 Å². The van der Waals surface area contributed by atoms with Crippen molar-refractivity contribution in [3.8, 4) is 28.7 Å². The SMILES string of the molecule is COc1cnc(-c2nc(-c3ccc(C)cc3)n[nH]2)c2[nH]cc(C(=O)C(=O)N3CCN(C(=O)c4ccccc4)C(C)C3)c12. The number of ketones is 1. The van der Waals surface area contributed by atoms with Crippen LogP contribution in [0.1, 0.15) is 33.2 Å². The molecule has 1 unspecified atom stereocenters. The van der Waals surface area contributed by atoms with Crippen LogP contribution in [0.3, 0.4) is 0 Å². The van der Waals surface area contributed by atoms with Crippen LogP contribution in [0.4, 0.5) is 0 Å². The van der Waals surface area contributed by atoms with Crippen LogP contribution in [0.25, 0.3) is 33.8 Å². The van der Waals surface area contributed by atoms with Crippen molar-refractivity contribution in [3.05, 3.63) is 83.7 Å². The van der Waals surface area contributed by atoms with Crippen molar-refractivity contribution in [2.24, 2.45) is 0 Å². The minimum Gasteiger partial charge on any atom is -0.494 e. The monoisotopic (exact) mass is 563 g/mol. The van der Waals surface area contributed by atoms with Gasteiger partial charge in [-0.25, -0.2) is 9.97 Å². The number of nitrogens with zero attached hydrogens (tertiary/aromatic N) is 5. The Balaban J connectivity index is 1.25. The van der Waals surface area contributed by atoms with Gasteiger partial charge in [0, 0.05) is 43.0 Å². The first kappa shape index (κ1) is 26.9. The first-order valence-corrected chi connectivity index (χ1v) is 13.6. The molecule has 5 aromatic rings. The molecular formula is C31H29N7O4. The highest BCUT2D eigenvalue weighted by Crippen LogP contribution is 2.34. The summed E-state index contributed by atoms with van der Waals surface area (Å²) in [6, 6.07) is 16.6. The van der Waals surface area contributed by atoms with Gasteiger partial charge >= 0.3 is 0 Å². The van der Waals surface area contributed by atoms with Crippen molar-refractivity contribution in [2.75, 3.05) is 26.7 Å². The molecule has 11 heteroatoms. The molecule has 4 heterocycles. The number of benzene rings is 2. The van der Waals surface area contributed by atoms with Gasteiger partial charge in [-0.2, -0.15) is 5.10 Å². The second-order valence-electron chi connectivity index (χ2n) is 10.3. The maximum atomic E-state index is 13.6. The number of piperazine rings is 1. The van der Waals surface area contributed by atoms with Gasteiger partial charge in [-0.05, 0) is 26.0 Å². The zero-order valence-corrected chi connectivity index (χ0v) is 23.4. The summed E-state index contributed by atoms with van der Waals surface area (Å²) in [5, 5.41) is 7.70. The Bertz CT molecular complexity index is 1790. The Morgan fingerprint density at radius 1 is 1.02 bits per heavy atom. The topological polar surface area (TPSA) is 137 Å². The number of fused-ring (bicyclic) bond motifs is 1. The molecular weight excluding hydrogens is 534 g/mol. The third-order valence-electron chi connectivity index (χ3n) is 7.55. The molecule has 2 N–H and O–H groups in total. The number of aryl methyl sites for hydroxylation is 1. The van der Waals surface area contributed by atoms with Gasteiger partial charge in [0.25, 0.3) is 17.6 Å². The van der Waals surface area contributed by atoms with Crippen LogP contribution < -0.4 is 4.74 Å². The van der Waals surface area contributed by atoms with E-state index in [-0.39, 0.29) is 30.6 Å². The number of rotatable bonds is 6. The number of H-pyrrole nitrogens is 2. The molecule has 3 aromatic heterocycles. The predicted octanol–water partition coefficient (Wildman–Crippen LogP) is 3.89. The molecule has 0 bridgehead atoms. The van der Waals surface area contributed by atoms with Gasteiger partial charge < -0.3 is 19.5 Å². The van der Waals surface area contributed by atoms with E-state index < -0.39 is 11.7 Å². The minimum absolute atomic E-state index is 0.0964. The van der Waals surface area contributed by atoms with E-state index in [4.69, 9.17) is 4.74 Å². The number of aromatic amines is 2. The standard InChI is InChI=1S/C31H29N7O4/c1-18-9-11-20(12-10-18)28-34-29(36-35-28)26-25-24(23(42-3)16-33-26)22(15-32-25)27(39)31(41)37-13-14-38(19(2)17-37)30(40)21-7-5-4-6-8-21/h4-12,15-16,19,32H,13-14,17H2,1-3H3,(H,34,35,36). The van der Waals surface area contributed by atoms with Gasteiger partial charge in [-0.3, -0.25) is 19.5 Å². The van der Waals surface area contributed by atoms with Gasteiger partial charge in [0.05, 0.1) is 29.8 Å². The molecule has 1 aliphatic heterocycles. The first-order valence-electron chi connectivity index (χ1n) is 13.6. The molecule has 0 saturated carbocycles. The third kappa shape index (κ3) is 4.78. The number of hydrogen-bond donors (Lipinski definition) is 2. The highest BCUT2D eigenvalue weighted by molar-refractivity contribution is 6.45. The van der Waals surface area contributed by atoms with Crippen molar-refractivity contribution >= 4 is 28.5 Å². The second-order valence-corrected chi connectivity index (χ2v) is 10.3. The summed E-state index contributed by atoms with van der Waals surface area (Å²) in [4.78, 5) is 55.5. The normalized spacial score (nSPS) is 15.2. The van der Waals surface area contributed by atoms with Crippen molar-refractivity contribution in [1.29, 1.82) is 0 Å². The molecule has 1 saturated heterocycles. The molecule has 42 heavy (non-hydrogen) atoms. The first-order chi connectivity index (χ1) is 20.4. The van der Waals surface area contributed by atoms with Crippen molar-refractivity contribution in [2.45, 2.75) is 19.9 Å². The summed E-state index contributed by atoms with van der Waals surface area (Å²) in [5.41, 5.74) is 3.66. The zero-order chi connectivity index (χ0) is 29.4. The number of carbonyl (C=O) groups is 3. The minimum atomic E-state index is -0.676. The van der Waals surface area contributed by atoms with E-state index in [2.05, 4.69) is 25.1 Å². The lowest BCUT2D eigenvalue weighted by atomic mass is 10.1. The van der Waals surface area contributed by atoms with Crippen molar-refractivity contribution in [3.63, 3.8) is 0 Å². The largest absolute Gasteiger partial charge is 0.494 e. The van der Waals surface area contributed by atoms with E-state index in [9.17, 15) is 14.4 Å². The van der Waals surface area contributed by atoms with Crippen LogP contribution in [0, 0.1) is 6.92 Å². The maximum Gasteiger partial charge on any atom is 0.295 e. The molecule has 1 atom stereocenters. The summed E-state index contributed by atoms with van der Waals surface area (Å²) in [7, 11) is 1.48. The summed E-state index contributed by atoms with van der Waals surface area (Å²) in [6.45, 7) is 4.70. The molecule has 212 valence electrons. The quantitative estimate of drug-likeness (QED) is 0.236. The van der Waals surface area contributed by atoms with E-state index in [0.717, 1.165) is 11.1 Å². The van der Waals surface area contributed by atoms with Crippen molar-refractivity contribution in [1.82, 2.24) is 34.9 Å². The number of nitrogens with one attached hydrogen (secondary N) is 2. The second kappa shape index (κ2) is 10.9. The number of aromatic nitrogens is 5. The lowest BCUT2D eigenvalue weighted by Crippen LogP contribution is -2.56. The van der Waals surface area contributed by atoms with Gasteiger partial charge in [-0.1, -0.05) is 48.0 Å². The zero-order valence-electron chi connectivity index (χ0n) is 23.4. The number of pyridine rings is 1. The van der Waals surface area contributed by atoms with Crippen molar-refractivity contribution < 1.29 is 19.1 Å². The summed E-state index contributed by atoms with van der Waals surface area (Å²) in [6.07, 6.45) is 2.99. The fourth-order valence-corrected chi connectivity index (χ4v) is 5.28. The maximum absolute atomic E-state index is 13.6. The summed E-state index contributed by atoms with van der Waals surface area (Å²) < 4.78 is 5.53. The number of amides is 2. The molecule has 2 aromatic carbocycles. The molecule has 6 rings (SSSR count). The number of hydrogen-bond acceptors (Lipinski definition) is 7. The van der Waals surface area contributed by atoms with E-state index in [1.165, 1.54) is 24.4 Å². The van der Waals surface area contributed by atoms with Crippen LogP contribution in [-0.4, -0.2) is 85.3 Å². The average molecular weight is 564 g/mol.